The number of likely N-dealkylation sites (N-methyl/N-ethyl adjacent to an activating group) is 1. The number of benzene rings is 2. The van der Waals surface area contributed by atoms with E-state index in [0.29, 0.717) is 52.9 Å². The fraction of sp³-hybridized carbons (Fsp3) is 0.562. The maximum absolute atomic E-state index is 15.6. The Balaban J connectivity index is 1.32. The Labute approximate surface area is 393 Å². The zero-order valence-corrected chi connectivity index (χ0v) is 40.4. The summed E-state index contributed by atoms with van der Waals surface area (Å²) in [5.74, 6) is -3.28. The van der Waals surface area contributed by atoms with Gasteiger partial charge in [-0.2, -0.15) is 0 Å². The third-order valence-electron chi connectivity index (χ3n) is 12.7. The second-order valence-electron chi connectivity index (χ2n) is 19.1. The number of rotatable bonds is 15. The number of hydrogen-bond acceptors (Lipinski definition) is 9. The first-order valence-electron chi connectivity index (χ1n) is 23.2. The quantitative estimate of drug-likeness (QED) is 0.111. The van der Waals surface area contributed by atoms with Crippen molar-refractivity contribution < 1.29 is 51.4 Å². The van der Waals surface area contributed by atoms with E-state index in [1.807, 2.05) is 0 Å². The maximum atomic E-state index is 15.6. The predicted molar refractivity (Wildman–Crippen MR) is 248 cm³/mol. The van der Waals surface area contributed by atoms with Crippen LogP contribution in [0.2, 0.25) is 0 Å². The number of carbonyl (C=O) groups excluding carboxylic acids is 6. The molecule has 2 aliphatic rings. The summed E-state index contributed by atoms with van der Waals surface area (Å²) in [7, 11) is 2.80. The van der Waals surface area contributed by atoms with Crippen molar-refractivity contribution in [2.45, 2.75) is 142 Å². The molecule has 4 heterocycles. The van der Waals surface area contributed by atoms with Gasteiger partial charge in [0.2, 0.25) is 17.7 Å². The maximum Gasteiger partial charge on any atom is 0.410 e. The number of nitrogens with one attached hydrogen (secondary N) is 4. The Morgan fingerprint density at radius 3 is 2.29 bits per heavy atom. The Morgan fingerprint density at radius 1 is 0.941 bits per heavy atom. The molecule has 2 aromatic heterocycles. The molecule has 0 bridgehead atoms. The molecule has 6 amide bonds. The third-order valence-corrected chi connectivity index (χ3v) is 12.7. The summed E-state index contributed by atoms with van der Waals surface area (Å²) < 4.78 is 57.7. The summed E-state index contributed by atoms with van der Waals surface area (Å²) in [5, 5.41) is 8.44. The SMILES string of the molecule is CCC(NC(=O)C(C)N(C)C(=O)OC(C)(C)C)C(=O)N1CCC[C@H]1Cc1c(-c2nc3cc(F)ccc3n2C[C@@H]2C[C@H](F)CN2C(=O)C(NC(=O)C(C)OC(=O)NC)C(C)C)[nH]c2cc(F)ccc12. The van der Waals surface area contributed by atoms with E-state index >= 15 is 4.39 Å². The lowest BCUT2D eigenvalue weighted by Gasteiger charge is -2.32. The minimum absolute atomic E-state index is 0.00477. The predicted octanol–water partition coefficient (Wildman–Crippen LogP) is 5.97. The second kappa shape index (κ2) is 20.9. The van der Waals surface area contributed by atoms with E-state index in [1.165, 1.54) is 55.1 Å². The number of aromatic nitrogens is 3. The van der Waals surface area contributed by atoms with E-state index < -0.39 is 89.5 Å². The van der Waals surface area contributed by atoms with Crippen LogP contribution in [-0.4, -0.2) is 140 Å². The van der Waals surface area contributed by atoms with E-state index in [-0.39, 0.29) is 49.8 Å². The molecule has 2 aromatic carbocycles. The van der Waals surface area contributed by atoms with E-state index in [2.05, 4.69) is 20.9 Å². The van der Waals surface area contributed by atoms with Crippen molar-refractivity contribution in [2.24, 2.45) is 5.92 Å². The van der Waals surface area contributed by atoms with Gasteiger partial charge >= 0.3 is 12.2 Å². The van der Waals surface area contributed by atoms with Crippen molar-refractivity contribution in [3.63, 3.8) is 0 Å². The van der Waals surface area contributed by atoms with Gasteiger partial charge in [-0.3, -0.25) is 24.1 Å². The highest BCUT2D eigenvalue weighted by Gasteiger charge is 2.42. The van der Waals surface area contributed by atoms with Crippen LogP contribution < -0.4 is 16.0 Å². The van der Waals surface area contributed by atoms with Gasteiger partial charge in [-0.15, -0.1) is 0 Å². The van der Waals surface area contributed by atoms with Crippen molar-refractivity contribution in [3.05, 3.63) is 53.6 Å². The first kappa shape index (κ1) is 51.1. The molecule has 2 saturated heterocycles. The zero-order valence-electron chi connectivity index (χ0n) is 40.4. The molecular weight excluding hydrogens is 888 g/mol. The van der Waals surface area contributed by atoms with Crippen LogP contribution in [0.4, 0.5) is 22.8 Å². The van der Waals surface area contributed by atoms with Gasteiger partial charge in [0.15, 0.2) is 11.9 Å². The molecule has 2 aliphatic heterocycles. The van der Waals surface area contributed by atoms with Gasteiger partial charge < -0.3 is 44.8 Å². The van der Waals surface area contributed by atoms with E-state index in [4.69, 9.17) is 14.5 Å². The van der Waals surface area contributed by atoms with Gasteiger partial charge in [-0.1, -0.05) is 20.8 Å². The summed E-state index contributed by atoms with van der Waals surface area (Å²) in [4.78, 5) is 92.4. The smallest absolute Gasteiger partial charge is 0.410 e. The van der Waals surface area contributed by atoms with Gasteiger partial charge in [-0.05, 0) is 102 Å². The number of halogens is 3. The molecule has 4 unspecified atom stereocenters. The highest BCUT2D eigenvalue weighted by molar-refractivity contribution is 5.94. The Hall–Kier alpha value is -6.34. The van der Waals surface area contributed by atoms with E-state index in [1.54, 1.807) is 70.1 Å². The highest BCUT2D eigenvalue weighted by atomic mass is 19.1. The summed E-state index contributed by atoms with van der Waals surface area (Å²) >= 11 is 0. The van der Waals surface area contributed by atoms with Crippen LogP contribution >= 0.6 is 0 Å². The van der Waals surface area contributed by atoms with E-state index in [0.717, 1.165) is 0 Å². The van der Waals surface area contributed by atoms with Crippen molar-refractivity contribution in [3.8, 4) is 11.5 Å². The van der Waals surface area contributed by atoms with Crippen LogP contribution in [0, 0.1) is 17.6 Å². The van der Waals surface area contributed by atoms with Crippen LogP contribution in [-0.2, 0) is 41.6 Å². The fourth-order valence-corrected chi connectivity index (χ4v) is 8.93. The molecule has 17 nitrogen and oxygen atoms in total. The monoisotopic (exact) mass is 951 g/mol. The molecule has 7 atom stereocenters. The number of likely N-dealkylation sites (tertiary alicyclic amines) is 2. The Bertz CT molecular complexity index is 2540. The lowest BCUT2D eigenvalue weighted by molar-refractivity contribution is -0.140. The number of alkyl carbamates (subject to hydrolysis) is 1. The average Bonchev–Trinajstić information content (AvgIpc) is 4.07. The number of alkyl halides is 1. The Morgan fingerprint density at radius 2 is 1.63 bits per heavy atom. The van der Waals surface area contributed by atoms with Crippen LogP contribution in [0.3, 0.4) is 0 Å². The van der Waals surface area contributed by atoms with Crippen LogP contribution in [0.15, 0.2) is 36.4 Å². The second-order valence-corrected chi connectivity index (χ2v) is 19.1. The van der Waals surface area contributed by atoms with Gasteiger partial charge in [0.05, 0.1) is 29.3 Å². The lowest BCUT2D eigenvalue weighted by Crippen LogP contribution is -2.55. The molecule has 0 radical (unpaired) electrons. The van der Waals surface area contributed by atoms with Crippen molar-refractivity contribution in [1.82, 2.24) is 45.2 Å². The molecule has 6 rings (SSSR count). The van der Waals surface area contributed by atoms with Crippen LogP contribution in [0.25, 0.3) is 33.5 Å². The number of nitrogens with zero attached hydrogens (tertiary/aromatic N) is 5. The number of amides is 6. The first-order valence-corrected chi connectivity index (χ1v) is 23.2. The molecule has 0 aliphatic carbocycles. The van der Waals surface area contributed by atoms with Gasteiger partial charge in [0, 0.05) is 56.6 Å². The first-order chi connectivity index (χ1) is 32.0. The highest BCUT2D eigenvalue weighted by Crippen LogP contribution is 2.37. The molecule has 68 heavy (non-hydrogen) atoms. The summed E-state index contributed by atoms with van der Waals surface area (Å²) in [6.45, 7) is 13.5. The largest absolute Gasteiger partial charge is 0.444 e. The molecule has 370 valence electrons. The average molecular weight is 952 g/mol. The number of ether oxygens (including phenoxy) is 2. The van der Waals surface area contributed by atoms with Crippen LogP contribution in [0.1, 0.15) is 86.6 Å². The number of H-pyrrole nitrogens is 1. The molecule has 4 N–H and O–H groups in total. The summed E-state index contributed by atoms with van der Waals surface area (Å²) in [5.41, 5.74) is 1.54. The fourth-order valence-electron chi connectivity index (χ4n) is 8.93. The minimum atomic E-state index is -1.41. The number of aromatic amines is 1. The third kappa shape index (κ3) is 11.3. The van der Waals surface area contributed by atoms with Gasteiger partial charge in [0.25, 0.3) is 5.91 Å². The van der Waals surface area contributed by atoms with Crippen molar-refractivity contribution in [2.75, 3.05) is 27.2 Å². The number of imidazole rings is 1. The topological polar surface area (TPSA) is 200 Å². The number of carbonyl (C=O) groups is 6. The Kier molecular flexibility index (Phi) is 15.7. The summed E-state index contributed by atoms with van der Waals surface area (Å²) in [6, 6.07) is 4.29. The van der Waals surface area contributed by atoms with Gasteiger partial charge in [-0.25, -0.2) is 27.7 Å². The number of hydrogen-bond donors (Lipinski definition) is 4. The normalized spacial score (nSPS) is 19.2. The van der Waals surface area contributed by atoms with Crippen LogP contribution in [0.5, 0.6) is 0 Å². The van der Waals surface area contributed by atoms with Gasteiger partial charge in [0.1, 0.15) is 41.5 Å². The molecule has 0 saturated carbocycles. The van der Waals surface area contributed by atoms with Crippen molar-refractivity contribution in [1.29, 1.82) is 0 Å². The minimum Gasteiger partial charge on any atom is -0.444 e. The molecule has 2 fully saturated rings. The number of fused-ring (bicyclic) bond motifs is 2. The molecule has 0 spiro atoms. The lowest BCUT2D eigenvalue weighted by atomic mass is 9.99. The zero-order chi connectivity index (χ0) is 49.9. The standard InChI is InChI=1S/C48H64F3N9O8/c1-11-35(55-42(61)26(4)57(10)47(66)68-48(6,7)8)44(63)58-18-12-13-31(58)22-34-33-16-14-28(49)20-36(33)53-40(34)41-54-37-21-29(50)15-17-38(37)60(41)24-32-19-30(51)23-59(32)45(64)39(25(2)3)56-43(62)27(5)67-46(65)52-9/h14-17,20-21,25-27,30-32,35,39,53H,11-13,18-19,22-24H2,1-10H3,(H,52,65)(H,55,61)(H,56,62)/t26?,27?,30-,31-,32-,35?,39?/m0/s1. The van der Waals surface area contributed by atoms with Crippen molar-refractivity contribution >= 4 is 57.8 Å². The molecule has 4 aromatic rings. The molecular formula is C48H64F3N9O8. The molecule has 20 heteroatoms. The summed E-state index contributed by atoms with van der Waals surface area (Å²) in [6.07, 6.45) is -2.42. The van der Waals surface area contributed by atoms with E-state index in [9.17, 15) is 37.5 Å².